The second-order valence-electron chi connectivity index (χ2n) is 2.89. The summed E-state index contributed by atoms with van der Waals surface area (Å²) in [5.41, 5.74) is 5.86. The van der Waals surface area contributed by atoms with Gasteiger partial charge in [0.05, 0.1) is 12.4 Å². The van der Waals surface area contributed by atoms with E-state index >= 15 is 0 Å². The summed E-state index contributed by atoms with van der Waals surface area (Å²) in [4.78, 5) is 0. The lowest BCUT2D eigenvalue weighted by Gasteiger charge is -2.09. The molecule has 0 aliphatic carbocycles. The Hall–Kier alpha value is -1.58. The first-order valence-corrected chi connectivity index (χ1v) is 4.37. The molecule has 76 valence electrons. The van der Waals surface area contributed by atoms with Gasteiger partial charge in [0, 0.05) is 12.0 Å². The van der Waals surface area contributed by atoms with Gasteiger partial charge in [0.1, 0.15) is 11.6 Å². The minimum atomic E-state index is -0.343. The van der Waals surface area contributed by atoms with Gasteiger partial charge >= 0.3 is 0 Å². The van der Waals surface area contributed by atoms with E-state index in [0.29, 0.717) is 17.9 Å². The molecule has 0 saturated heterocycles. The fourth-order valence-corrected chi connectivity index (χ4v) is 1.19. The summed E-state index contributed by atoms with van der Waals surface area (Å²) in [7, 11) is 0. The van der Waals surface area contributed by atoms with Gasteiger partial charge in [0.25, 0.3) is 0 Å². The molecule has 4 heteroatoms. The van der Waals surface area contributed by atoms with Crippen LogP contribution in [0, 0.1) is 11.2 Å². The zero-order chi connectivity index (χ0) is 10.6. The van der Waals surface area contributed by atoms with Crippen LogP contribution in [0.15, 0.2) is 18.2 Å². The summed E-state index contributed by atoms with van der Waals surface area (Å²) >= 11 is 0. The number of ether oxygens (including phenoxy) is 1. The van der Waals surface area contributed by atoms with E-state index in [4.69, 9.17) is 15.9 Å². The predicted molar refractivity (Wildman–Crippen MR) is 53.2 cm³/mol. The van der Waals surface area contributed by atoms with Crippen molar-refractivity contribution in [3.05, 3.63) is 29.6 Å². The Morgan fingerprint density at radius 2 is 2.29 bits per heavy atom. The van der Waals surface area contributed by atoms with Crippen molar-refractivity contribution in [3.8, 4) is 5.75 Å². The Bertz CT molecular complexity index is 339. The van der Waals surface area contributed by atoms with E-state index in [-0.39, 0.29) is 18.1 Å². The molecule has 0 aliphatic heterocycles. The minimum absolute atomic E-state index is 0.00319. The molecule has 0 fully saturated rings. The Balaban J connectivity index is 2.96. The van der Waals surface area contributed by atoms with Crippen molar-refractivity contribution < 1.29 is 9.13 Å². The average Bonchev–Trinajstić information content (AvgIpc) is 2.09. The Morgan fingerprint density at radius 1 is 1.57 bits per heavy atom. The van der Waals surface area contributed by atoms with Crippen molar-refractivity contribution in [2.24, 2.45) is 5.73 Å². The van der Waals surface area contributed by atoms with Crippen LogP contribution < -0.4 is 10.5 Å². The van der Waals surface area contributed by atoms with Crippen LogP contribution in [-0.4, -0.2) is 12.4 Å². The molecule has 0 atom stereocenters. The lowest BCUT2D eigenvalue weighted by molar-refractivity contribution is 0.336. The Labute approximate surface area is 82.2 Å². The van der Waals surface area contributed by atoms with Crippen LogP contribution >= 0.6 is 0 Å². The molecule has 0 heterocycles. The van der Waals surface area contributed by atoms with Gasteiger partial charge in [-0.2, -0.15) is 0 Å². The number of nitrogens with one attached hydrogen (secondary N) is 1. The van der Waals surface area contributed by atoms with Gasteiger partial charge in [-0.05, 0) is 25.1 Å². The van der Waals surface area contributed by atoms with Gasteiger partial charge in [0.2, 0.25) is 0 Å². The molecule has 0 unspecified atom stereocenters. The third kappa shape index (κ3) is 2.73. The largest absolute Gasteiger partial charge is 0.494 e. The maximum Gasteiger partial charge on any atom is 0.123 e. The zero-order valence-electron chi connectivity index (χ0n) is 8.01. The van der Waals surface area contributed by atoms with E-state index in [2.05, 4.69) is 0 Å². The van der Waals surface area contributed by atoms with E-state index in [1.807, 2.05) is 6.92 Å². The first-order valence-electron chi connectivity index (χ1n) is 4.37. The normalized spacial score (nSPS) is 9.86. The molecule has 0 aromatic heterocycles. The maximum atomic E-state index is 12.9. The molecule has 14 heavy (non-hydrogen) atoms. The van der Waals surface area contributed by atoms with E-state index in [1.54, 1.807) is 6.07 Å². The van der Waals surface area contributed by atoms with Gasteiger partial charge in [-0.3, -0.25) is 5.41 Å². The smallest absolute Gasteiger partial charge is 0.123 e. The molecular weight excluding hydrogens is 183 g/mol. The fraction of sp³-hybridized carbons (Fsp3) is 0.300. The molecule has 0 spiro atoms. The number of nitrogens with two attached hydrogens (primary N) is 1. The molecule has 0 amide bonds. The summed E-state index contributed by atoms with van der Waals surface area (Å²) in [5, 5.41) is 7.13. The van der Waals surface area contributed by atoms with Crippen LogP contribution in [-0.2, 0) is 6.42 Å². The van der Waals surface area contributed by atoms with Crippen molar-refractivity contribution in [1.82, 2.24) is 0 Å². The Morgan fingerprint density at radius 3 is 2.86 bits per heavy atom. The minimum Gasteiger partial charge on any atom is -0.494 e. The van der Waals surface area contributed by atoms with Crippen LogP contribution in [0.1, 0.15) is 12.5 Å². The molecule has 3 N–H and O–H groups in total. The highest BCUT2D eigenvalue weighted by molar-refractivity contribution is 5.80. The van der Waals surface area contributed by atoms with Crippen molar-refractivity contribution in [2.45, 2.75) is 13.3 Å². The van der Waals surface area contributed by atoms with Crippen molar-refractivity contribution >= 4 is 5.84 Å². The van der Waals surface area contributed by atoms with Crippen LogP contribution in [0.4, 0.5) is 4.39 Å². The van der Waals surface area contributed by atoms with Gasteiger partial charge in [-0.1, -0.05) is 0 Å². The van der Waals surface area contributed by atoms with Crippen LogP contribution in [0.5, 0.6) is 5.75 Å². The summed E-state index contributed by atoms with van der Waals surface area (Å²) in [6.45, 7) is 2.36. The van der Waals surface area contributed by atoms with Gasteiger partial charge in [-0.15, -0.1) is 0 Å². The summed E-state index contributed by atoms with van der Waals surface area (Å²) in [5.74, 6) is 0.241. The quantitative estimate of drug-likeness (QED) is 0.568. The highest BCUT2D eigenvalue weighted by Gasteiger charge is 2.05. The SMILES string of the molecule is CCOc1ccc(F)cc1CC(=N)N. The van der Waals surface area contributed by atoms with Crippen LogP contribution in [0.25, 0.3) is 0 Å². The first kappa shape index (κ1) is 10.5. The van der Waals surface area contributed by atoms with E-state index in [0.717, 1.165) is 0 Å². The molecule has 0 radical (unpaired) electrons. The molecule has 3 nitrogen and oxygen atoms in total. The number of amidine groups is 1. The number of rotatable bonds is 4. The molecule has 1 rings (SSSR count). The Kier molecular flexibility index (Phi) is 3.45. The van der Waals surface area contributed by atoms with Crippen LogP contribution in [0.2, 0.25) is 0 Å². The fourth-order valence-electron chi connectivity index (χ4n) is 1.19. The standard InChI is InChI=1S/C10H13FN2O/c1-2-14-9-4-3-8(11)5-7(9)6-10(12)13/h3-5H,2,6H2,1H3,(H3,12,13). The van der Waals surface area contributed by atoms with Crippen molar-refractivity contribution in [2.75, 3.05) is 6.61 Å². The highest BCUT2D eigenvalue weighted by Crippen LogP contribution is 2.20. The average molecular weight is 196 g/mol. The topological polar surface area (TPSA) is 59.1 Å². The zero-order valence-corrected chi connectivity index (χ0v) is 8.01. The number of benzene rings is 1. The third-order valence-electron chi connectivity index (χ3n) is 1.70. The lowest BCUT2D eigenvalue weighted by atomic mass is 10.1. The van der Waals surface area contributed by atoms with Crippen molar-refractivity contribution in [3.63, 3.8) is 0 Å². The van der Waals surface area contributed by atoms with E-state index < -0.39 is 0 Å². The van der Waals surface area contributed by atoms with Gasteiger partial charge in [0.15, 0.2) is 0 Å². The molecule has 1 aromatic carbocycles. The molecule has 0 saturated carbocycles. The molecule has 1 aromatic rings. The third-order valence-corrected chi connectivity index (χ3v) is 1.70. The molecular formula is C10H13FN2O. The number of hydrogen-bond donors (Lipinski definition) is 2. The second kappa shape index (κ2) is 4.60. The first-order chi connectivity index (χ1) is 6.63. The molecule has 0 aliphatic rings. The van der Waals surface area contributed by atoms with Crippen LogP contribution in [0.3, 0.4) is 0 Å². The summed E-state index contributed by atoms with van der Waals surface area (Å²) in [6, 6.07) is 4.22. The van der Waals surface area contributed by atoms with Gasteiger partial charge < -0.3 is 10.5 Å². The molecule has 0 bridgehead atoms. The second-order valence-corrected chi connectivity index (χ2v) is 2.89. The lowest BCUT2D eigenvalue weighted by Crippen LogP contribution is -2.13. The highest BCUT2D eigenvalue weighted by atomic mass is 19.1. The van der Waals surface area contributed by atoms with Crippen molar-refractivity contribution in [1.29, 1.82) is 5.41 Å². The van der Waals surface area contributed by atoms with E-state index in [9.17, 15) is 4.39 Å². The predicted octanol–water partition coefficient (Wildman–Crippen LogP) is 1.70. The summed E-state index contributed by atoms with van der Waals surface area (Å²) < 4.78 is 18.1. The monoisotopic (exact) mass is 196 g/mol. The maximum absolute atomic E-state index is 12.9. The number of halogens is 1. The summed E-state index contributed by atoms with van der Waals surface area (Å²) in [6.07, 6.45) is 0.215. The van der Waals surface area contributed by atoms with E-state index in [1.165, 1.54) is 12.1 Å². The number of hydrogen-bond acceptors (Lipinski definition) is 2. The van der Waals surface area contributed by atoms with Gasteiger partial charge in [-0.25, -0.2) is 4.39 Å².